The summed E-state index contributed by atoms with van der Waals surface area (Å²) in [7, 11) is 1.77. The van der Waals surface area contributed by atoms with E-state index in [0.29, 0.717) is 0 Å². The van der Waals surface area contributed by atoms with Crippen molar-refractivity contribution >= 4 is 11.0 Å². The lowest BCUT2D eigenvalue weighted by atomic mass is 9.87. The smallest absolute Gasteiger partial charge is 0.255 e. The number of nitrogens with zero attached hydrogens (tertiary/aromatic N) is 2. The molecule has 0 amide bonds. The zero-order chi connectivity index (χ0) is 11.9. The minimum Gasteiger partial charge on any atom is -0.296 e. The van der Waals surface area contributed by atoms with Gasteiger partial charge in [-0.25, -0.2) is 4.98 Å². The van der Waals surface area contributed by atoms with Crippen LogP contribution in [0.1, 0.15) is 26.3 Å². The van der Waals surface area contributed by atoms with E-state index < -0.39 is 0 Å². The van der Waals surface area contributed by atoms with Gasteiger partial charge in [0.25, 0.3) is 5.56 Å². The topological polar surface area (TPSA) is 34.9 Å². The number of aromatic nitrogens is 2. The molecule has 0 aliphatic rings. The number of rotatable bonds is 0. The predicted molar refractivity (Wildman–Crippen MR) is 65.7 cm³/mol. The Labute approximate surface area is 94.7 Å². The zero-order valence-electron chi connectivity index (χ0n) is 10.1. The van der Waals surface area contributed by atoms with Crippen molar-refractivity contribution in [2.75, 3.05) is 0 Å². The van der Waals surface area contributed by atoms with Crippen LogP contribution in [0.4, 0.5) is 0 Å². The largest absolute Gasteiger partial charge is 0.296 e. The van der Waals surface area contributed by atoms with E-state index in [-0.39, 0.29) is 11.0 Å². The Bertz CT molecular complexity index is 591. The van der Waals surface area contributed by atoms with Crippen molar-refractivity contribution in [1.29, 1.82) is 0 Å². The average Bonchev–Trinajstić information content (AvgIpc) is 2.22. The van der Waals surface area contributed by atoms with E-state index in [1.165, 1.54) is 0 Å². The summed E-state index contributed by atoms with van der Waals surface area (Å²) in [6, 6.07) is 5.82. The van der Waals surface area contributed by atoms with Crippen molar-refractivity contribution < 1.29 is 0 Å². The van der Waals surface area contributed by atoms with E-state index in [2.05, 4.69) is 4.98 Å². The Morgan fingerprint density at radius 3 is 2.62 bits per heavy atom. The third-order valence-electron chi connectivity index (χ3n) is 2.78. The quantitative estimate of drug-likeness (QED) is 0.677. The van der Waals surface area contributed by atoms with Gasteiger partial charge in [0.05, 0.1) is 0 Å². The molecule has 0 aliphatic heterocycles. The first-order valence-electron chi connectivity index (χ1n) is 5.36. The summed E-state index contributed by atoms with van der Waals surface area (Å²) in [6.07, 6.45) is 1.71. The normalized spacial score (nSPS) is 12.0. The van der Waals surface area contributed by atoms with Gasteiger partial charge in [0.15, 0.2) is 0 Å². The maximum Gasteiger partial charge on any atom is 0.255 e. The maximum atomic E-state index is 12.2. The summed E-state index contributed by atoms with van der Waals surface area (Å²) >= 11 is 0. The molecule has 2 heterocycles. The first-order valence-corrected chi connectivity index (χ1v) is 5.36. The van der Waals surface area contributed by atoms with Gasteiger partial charge in [-0.2, -0.15) is 0 Å². The molecule has 0 fully saturated rings. The molecule has 3 heteroatoms. The molecule has 0 aliphatic carbocycles. The van der Waals surface area contributed by atoms with Crippen molar-refractivity contribution in [2.24, 2.45) is 7.05 Å². The highest BCUT2D eigenvalue weighted by Gasteiger charge is 2.19. The van der Waals surface area contributed by atoms with Gasteiger partial charge in [0, 0.05) is 24.2 Å². The molecule has 0 N–H and O–H groups in total. The molecule has 16 heavy (non-hydrogen) atoms. The molecular weight excluding hydrogens is 200 g/mol. The molecule has 3 nitrogen and oxygen atoms in total. The predicted octanol–water partition coefficient (Wildman–Crippen LogP) is 2.23. The van der Waals surface area contributed by atoms with E-state index in [0.717, 1.165) is 16.6 Å². The Kier molecular flexibility index (Phi) is 2.34. The van der Waals surface area contributed by atoms with E-state index >= 15 is 0 Å². The van der Waals surface area contributed by atoms with E-state index in [9.17, 15) is 4.79 Å². The lowest BCUT2D eigenvalue weighted by Gasteiger charge is -2.19. The monoisotopic (exact) mass is 216 g/mol. The fourth-order valence-corrected chi connectivity index (χ4v) is 1.83. The Morgan fingerprint density at radius 1 is 1.31 bits per heavy atom. The van der Waals surface area contributed by atoms with Crippen LogP contribution in [0, 0.1) is 0 Å². The maximum absolute atomic E-state index is 12.2. The molecule has 0 saturated carbocycles. The van der Waals surface area contributed by atoms with Crippen LogP contribution in [0.2, 0.25) is 0 Å². The van der Waals surface area contributed by atoms with Crippen molar-refractivity contribution in [3.05, 3.63) is 40.3 Å². The van der Waals surface area contributed by atoms with Gasteiger partial charge in [-0.3, -0.25) is 9.36 Å². The van der Waals surface area contributed by atoms with Gasteiger partial charge in [-0.05, 0) is 23.6 Å². The molecule has 0 spiro atoms. The zero-order valence-corrected chi connectivity index (χ0v) is 10.1. The fourth-order valence-electron chi connectivity index (χ4n) is 1.83. The second-order valence-corrected chi connectivity index (χ2v) is 5.09. The highest BCUT2D eigenvalue weighted by Crippen LogP contribution is 2.21. The van der Waals surface area contributed by atoms with Gasteiger partial charge in [0.2, 0.25) is 0 Å². The summed E-state index contributed by atoms with van der Waals surface area (Å²) in [6.45, 7) is 6.14. The van der Waals surface area contributed by atoms with Gasteiger partial charge < -0.3 is 0 Å². The molecule has 2 aromatic rings. The van der Waals surface area contributed by atoms with Crippen LogP contribution >= 0.6 is 0 Å². The van der Waals surface area contributed by atoms with Crippen LogP contribution in [0.3, 0.4) is 0 Å². The number of hydrogen-bond donors (Lipinski definition) is 0. The summed E-state index contributed by atoms with van der Waals surface area (Å²) < 4.78 is 1.62. The second-order valence-electron chi connectivity index (χ2n) is 5.09. The molecule has 84 valence electrons. The molecule has 2 aromatic heterocycles. The highest BCUT2D eigenvalue weighted by molar-refractivity contribution is 5.75. The molecule has 0 bridgehead atoms. The van der Waals surface area contributed by atoms with Crippen LogP contribution in [-0.2, 0) is 12.5 Å². The highest BCUT2D eigenvalue weighted by atomic mass is 16.1. The Balaban J connectivity index is 2.90. The van der Waals surface area contributed by atoms with Gasteiger partial charge in [0.1, 0.15) is 5.65 Å². The second kappa shape index (κ2) is 3.44. The lowest BCUT2D eigenvalue weighted by Crippen LogP contribution is -2.29. The van der Waals surface area contributed by atoms with Crippen LogP contribution in [0.25, 0.3) is 11.0 Å². The lowest BCUT2D eigenvalue weighted by molar-refractivity contribution is 0.576. The molecule has 0 unspecified atom stereocenters. The number of fused-ring (bicyclic) bond motifs is 1. The van der Waals surface area contributed by atoms with Crippen molar-refractivity contribution in [1.82, 2.24) is 9.55 Å². The van der Waals surface area contributed by atoms with E-state index in [1.54, 1.807) is 17.8 Å². The summed E-state index contributed by atoms with van der Waals surface area (Å²) in [5.41, 5.74) is 1.47. The standard InChI is InChI=1S/C13H16N2O/c1-13(2,3)10-8-9-6-5-7-14-11(9)15(4)12(10)16/h5-8H,1-4H3. The third-order valence-corrected chi connectivity index (χ3v) is 2.78. The van der Waals surface area contributed by atoms with Crippen LogP contribution in [-0.4, -0.2) is 9.55 Å². The number of hydrogen-bond acceptors (Lipinski definition) is 2. The van der Waals surface area contributed by atoms with Crippen molar-refractivity contribution in [3.63, 3.8) is 0 Å². The van der Waals surface area contributed by atoms with Crippen LogP contribution in [0.5, 0.6) is 0 Å². The summed E-state index contributed by atoms with van der Waals surface area (Å²) in [5.74, 6) is 0. The molecule has 0 saturated heterocycles. The third kappa shape index (κ3) is 1.62. The number of pyridine rings is 2. The Hall–Kier alpha value is -1.64. The SMILES string of the molecule is Cn1c(=O)c(C(C)(C)C)cc2cccnc21. The van der Waals surface area contributed by atoms with Gasteiger partial charge >= 0.3 is 0 Å². The summed E-state index contributed by atoms with van der Waals surface area (Å²) in [4.78, 5) is 16.4. The molecule has 0 aromatic carbocycles. The first kappa shape index (κ1) is 10.9. The van der Waals surface area contributed by atoms with Crippen molar-refractivity contribution in [3.8, 4) is 0 Å². The molecule has 0 radical (unpaired) electrons. The van der Waals surface area contributed by atoms with Crippen LogP contribution in [0.15, 0.2) is 29.2 Å². The average molecular weight is 216 g/mol. The Morgan fingerprint density at radius 2 is 2.00 bits per heavy atom. The van der Waals surface area contributed by atoms with Crippen LogP contribution < -0.4 is 5.56 Å². The summed E-state index contributed by atoms with van der Waals surface area (Å²) in [5, 5.41) is 1.01. The molecular formula is C13H16N2O. The molecule has 0 atom stereocenters. The van der Waals surface area contributed by atoms with E-state index in [4.69, 9.17) is 0 Å². The van der Waals surface area contributed by atoms with Gasteiger partial charge in [-0.1, -0.05) is 20.8 Å². The number of aryl methyl sites for hydroxylation is 1. The first-order chi connectivity index (χ1) is 7.41. The minimum absolute atomic E-state index is 0.0405. The molecule has 2 rings (SSSR count). The fraction of sp³-hybridized carbons (Fsp3) is 0.385. The van der Waals surface area contributed by atoms with Gasteiger partial charge in [-0.15, -0.1) is 0 Å². The minimum atomic E-state index is -0.140. The van der Waals surface area contributed by atoms with E-state index in [1.807, 2.05) is 39.0 Å². The van der Waals surface area contributed by atoms with Crippen molar-refractivity contribution in [2.45, 2.75) is 26.2 Å².